The third-order valence-corrected chi connectivity index (χ3v) is 4.52. The highest BCUT2D eigenvalue weighted by molar-refractivity contribution is 9.10. The molecule has 0 aliphatic heterocycles. The average molecular weight is 407 g/mol. The second kappa shape index (κ2) is 11.1. The summed E-state index contributed by atoms with van der Waals surface area (Å²) in [4.78, 5) is 4.11. The summed E-state index contributed by atoms with van der Waals surface area (Å²) in [7, 11) is 1.67. The first-order valence-electron chi connectivity index (χ1n) is 8.83. The monoisotopic (exact) mass is 406 g/mol. The maximum Gasteiger partial charge on any atom is 0.175 e. The molecule has 4 nitrogen and oxygen atoms in total. The lowest BCUT2D eigenvalue weighted by Gasteiger charge is -2.15. The first-order valence-corrected chi connectivity index (χ1v) is 9.62. The number of benzene rings is 1. The predicted molar refractivity (Wildman–Crippen MR) is 105 cm³/mol. The first-order chi connectivity index (χ1) is 12.2. The van der Waals surface area contributed by atoms with Crippen LogP contribution in [0.15, 0.2) is 41.1 Å². The molecule has 0 saturated carbocycles. The summed E-state index contributed by atoms with van der Waals surface area (Å²) < 4.78 is 12.4. The van der Waals surface area contributed by atoms with Crippen molar-refractivity contribution in [2.45, 2.75) is 45.8 Å². The van der Waals surface area contributed by atoms with Crippen molar-refractivity contribution in [3.05, 3.63) is 52.3 Å². The van der Waals surface area contributed by atoms with Crippen LogP contribution in [-0.2, 0) is 13.2 Å². The molecule has 0 spiro atoms. The molecule has 0 bridgehead atoms. The molecular weight excluding hydrogens is 380 g/mol. The van der Waals surface area contributed by atoms with Crippen molar-refractivity contribution in [1.82, 2.24) is 10.3 Å². The van der Waals surface area contributed by atoms with E-state index in [-0.39, 0.29) is 0 Å². The van der Waals surface area contributed by atoms with Crippen LogP contribution in [0.3, 0.4) is 0 Å². The zero-order valence-corrected chi connectivity index (χ0v) is 16.6. The highest BCUT2D eigenvalue weighted by Gasteiger charge is 2.12. The summed E-state index contributed by atoms with van der Waals surface area (Å²) in [5, 5.41) is 3.49. The fraction of sp³-hybridized carbons (Fsp3) is 0.450. The second-order valence-corrected chi connectivity index (χ2v) is 6.85. The van der Waals surface area contributed by atoms with Crippen molar-refractivity contribution in [1.29, 1.82) is 0 Å². The lowest BCUT2D eigenvalue weighted by atomic mass is 10.2. The number of halogens is 1. The van der Waals surface area contributed by atoms with Crippen LogP contribution in [-0.4, -0.2) is 18.6 Å². The number of aromatic nitrogens is 1. The highest BCUT2D eigenvalue weighted by atomic mass is 79.9. The van der Waals surface area contributed by atoms with Crippen molar-refractivity contribution in [3.63, 3.8) is 0 Å². The first kappa shape index (κ1) is 19.7. The topological polar surface area (TPSA) is 43.4 Å². The number of nitrogens with zero attached hydrogens (tertiary/aromatic N) is 1. The summed E-state index contributed by atoms with van der Waals surface area (Å²) in [6, 6.07) is 8.01. The second-order valence-electron chi connectivity index (χ2n) is 6.00. The Kier molecular flexibility index (Phi) is 8.77. The van der Waals surface area contributed by atoms with Crippen LogP contribution in [0.1, 0.15) is 43.7 Å². The van der Waals surface area contributed by atoms with Crippen molar-refractivity contribution in [2.24, 2.45) is 0 Å². The zero-order valence-electron chi connectivity index (χ0n) is 15.1. The van der Waals surface area contributed by atoms with E-state index < -0.39 is 0 Å². The summed E-state index contributed by atoms with van der Waals surface area (Å²) in [6.07, 6.45) is 8.64. The van der Waals surface area contributed by atoms with Gasteiger partial charge in [0.25, 0.3) is 0 Å². The molecule has 136 valence electrons. The third-order valence-electron chi connectivity index (χ3n) is 3.93. The molecular formula is C20H27BrN2O2. The number of hydrogen-bond acceptors (Lipinski definition) is 4. The molecule has 2 rings (SSSR count). The Labute approximate surface area is 159 Å². The van der Waals surface area contributed by atoms with Crippen LogP contribution in [0.4, 0.5) is 0 Å². The molecule has 0 aliphatic rings. The van der Waals surface area contributed by atoms with Gasteiger partial charge in [-0.1, -0.05) is 32.3 Å². The Bertz CT molecular complexity index is 635. The molecule has 25 heavy (non-hydrogen) atoms. The van der Waals surface area contributed by atoms with Crippen LogP contribution < -0.4 is 14.8 Å². The van der Waals surface area contributed by atoms with Crippen LogP contribution in [0.2, 0.25) is 0 Å². The van der Waals surface area contributed by atoms with E-state index in [4.69, 9.17) is 9.47 Å². The minimum absolute atomic E-state index is 0.456. The van der Waals surface area contributed by atoms with Gasteiger partial charge in [-0.15, -0.1) is 0 Å². The Morgan fingerprint density at radius 1 is 1.16 bits per heavy atom. The van der Waals surface area contributed by atoms with Crippen molar-refractivity contribution < 1.29 is 9.47 Å². The Balaban J connectivity index is 1.92. The summed E-state index contributed by atoms with van der Waals surface area (Å²) >= 11 is 3.61. The van der Waals surface area contributed by atoms with Crippen molar-refractivity contribution in [3.8, 4) is 11.5 Å². The van der Waals surface area contributed by atoms with Gasteiger partial charge in [0.05, 0.1) is 11.6 Å². The quantitative estimate of drug-likeness (QED) is 0.527. The van der Waals surface area contributed by atoms with Gasteiger partial charge in [0.1, 0.15) is 6.61 Å². The van der Waals surface area contributed by atoms with Crippen LogP contribution in [0.25, 0.3) is 0 Å². The largest absolute Gasteiger partial charge is 0.493 e. The molecule has 0 saturated heterocycles. The van der Waals surface area contributed by atoms with E-state index in [1.54, 1.807) is 19.5 Å². The molecule has 1 aromatic carbocycles. The lowest BCUT2D eigenvalue weighted by Crippen LogP contribution is -2.14. The van der Waals surface area contributed by atoms with E-state index in [9.17, 15) is 0 Å². The van der Waals surface area contributed by atoms with Gasteiger partial charge in [-0.25, -0.2) is 0 Å². The highest BCUT2D eigenvalue weighted by Crippen LogP contribution is 2.37. The van der Waals surface area contributed by atoms with Gasteiger partial charge >= 0.3 is 0 Å². The SMILES string of the molecule is CCCCCCNCc1cc(Br)c(OCc2cccnc2)c(OC)c1. The summed E-state index contributed by atoms with van der Waals surface area (Å²) in [6.45, 7) is 4.55. The lowest BCUT2D eigenvalue weighted by molar-refractivity contribution is 0.282. The summed E-state index contributed by atoms with van der Waals surface area (Å²) in [5.41, 5.74) is 2.20. The number of methoxy groups -OCH3 is 1. The molecule has 0 atom stereocenters. The van der Waals surface area contributed by atoms with Gasteiger partial charge in [-0.2, -0.15) is 0 Å². The van der Waals surface area contributed by atoms with Gasteiger partial charge in [0.15, 0.2) is 11.5 Å². The number of nitrogens with one attached hydrogen (secondary N) is 1. The molecule has 1 N–H and O–H groups in total. The molecule has 0 aliphatic carbocycles. The van der Waals surface area contributed by atoms with Gasteiger partial charge in [0.2, 0.25) is 0 Å². The predicted octanol–water partition coefficient (Wildman–Crippen LogP) is 5.10. The zero-order chi connectivity index (χ0) is 17.9. The Hall–Kier alpha value is -1.59. The van der Waals surface area contributed by atoms with Gasteiger partial charge in [-0.05, 0) is 52.7 Å². The minimum atomic E-state index is 0.456. The van der Waals surface area contributed by atoms with Crippen LogP contribution >= 0.6 is 15.9 Å². The van der Waals surface area contributed by atoms with Gasteiger partial charge in [-0.3, -0.25) is 4.98 Å². The fourth-order valence-electron chi connectivity index (χ4n) is 2.56. The van der Waals surface area contributed by atoms with Gasteiger partial charge < -0.3 is 14.8 Å². The molecule has 0 unspecified atom stereocenters. The Morgan fingerprint density at radius 3 is 2.76 bits per heavy atom. The smallest absolute Gasteiger partial charge is 0.175 e. The molecule has 0 radical (unpaired) electrons. The van der Waals surface area contributed by atoms with E-state index in [0.29, 0.717) is 6.61 Å². The third kappa shape index (κ3) is 6.67. The maximum absolute atomic E-state index is 5.94. The van der Waals surface area contributed by atoms with Crippen LogP contribution in [0.5, 0.6) is 11.5 Å². The number of unbranched alkanes of at least 4 members (excludes halogenated alkanes) is 3. The van der Waals surface area contributed by atoms with E-state index in [2.05, 4.69) is 39.2 Å². The minimum Gasteiger partial charge on any atom is -0.493 e. The molecule has 1 heterocycles. The van der Waals surface area contributed by atoms with E-state index >= 15 is 0 Å². The van der Waals surface area contributed by atoms with E-state index in [1.807, 2.05) is 18.2 Å². The van der Waals surface area contributed by atoms with Crippen LogP contribution in [0, 0.1) is 0 Å². The average Bonchev–Trinajstić information content (AvgIpc) is 2.64. The van der Waals surface area contributed by atoms with Gasteiger partial charge in [0, 0.05) is 24.5 Å². The molecule has 0 fully saturated rings. The number of ether oxygens (including phenoxy) is 2. The standard InChI is InChI=1S/C20H27BrN2O2/c1-3-4-5-6-9-22-14-17-11-18(21)20(19(12-17)24-2)25-15-16-8-7-10-23-13-16/h7-8,10-13,22H,3-6,9,14-15H2,1-2H3. The van der Waals surface area contributed by atoms with Crippen molar-refractivity contribution >= 4 is 15.9 Å². The normalized spacial score (nSPS) is 10.7. The fourth-order valence-corrected chi connectivity index (χ4v) is 3.17. The number of rotatable bonds is 11. The van der Waals surface area contributed by atoms with Crippen molar-refractivity contribution in [2.75, 3.05) is 13.7 Å². The molecule has 5 heteroatoms. The molecule has 1 aromatic heterocycles. The van der Waals surface area contributed by atoms with E-state index in [1.165, 1.54) is 31.2 Å². The maximum atomic E-state index is 5.94. The molecule has 2 aromatic rings. The van der Waals surface area contributed by atoms with E-state index in [0.717, 1.165) is 34.6 Å². The summed E-state index contributed by atoms with van der Waals surface area (Å²) in [5.74, 6) is 1.46. The Morgan fingerprint density at radius 2 is 2.04 bits per heavy atom. The number of hydrogen-bond donors (Lipinski definition) is 1. The molecule has 0 amide bonds. The number of pyridine rings is 1.